The number of hydrogen-bond acceptors (Lipinski definition) is 4. The molecule has 0 radical (unpaired) electrons. The van der Waals surface area contributed by atoms with Gasteiger partial charge in [-0.3, -0.25) is 14.0 Å². The minimum absolute atomic E-state index is 0.0564. The fourth-order valence-electron chi connectivity index (χ4n) is 7.71. The van der Waals surface area contributed by atoms with Crippen molar-refractivity contribution in [2.45, 2.75) is 63.9 Å². The second-order valence-corrected chi connectivity index (χ2v) is 11.1. The van der Waals surface area contributed by atoms with Crippen molar-refractivity contribution < 1.29 is 14.3 Å². The topological polar surface area (TPSA) is 75.9 Å². The molecule has 5 fully saturated rings. The molecule has 5 aliphatic rings. The molecule has 4 saturated carbocycles. The summed E-state index contributed by atoms with van der Waals surface area (Å²) in [4.78, 5) is 32.6. The highest BCUT2D eigenvalue weighted by Gasteiger charge is 2.51. The van der Waals surface area contributed by atoms with Crippen LogP contribution in [-0.4, -0.2) is 52.4 Å². The van der Waals surface area contributed by atoms with Crippen molar-refractivity contribution in [1.29, 1.82) is 0 Å². The van der Waals surface area contributed by atoms with Crippen LogP contribution in [0.25, 0.3) is 5.65 Å². The molecular weight excluding hydrogens is 416 g/mol. The quantitative estimate of drug-likeness (QED) is 0.743. The van der Waals surface area contributed by atoms with E-state index in [2.05, 4.69) is 10.3 Å². The van der Waals surface area contributed by atoms with Crippen LogP contribution in [0.5, 0.6) is 0 Å². The molecule has 1 saturated heterocycles. The Morgan fingerprint density at radius 1 is 1.09 bits per heavy atom. The van der Waals surface area contributed by atoms with Gasteiger partial charge in [-0.25, -0.2) is 4.98 Å². The van der Waals surface area contributed by atoms with Crippen LogP contribution in [-0.2, 0) is 9.53 Å². The number of piperidine rings is 1. The summed E-state index contributed by atoms with van der Waals surface area (Å²) in [6.45, 7) is 1.36. The summed E-state index contributed by atoms with van der Waals surface area (Å²) in [5.41, 5.74) is 1.31. The molecule has 7 heteroatoms. The molecule has 1 aliphatic heterocycles. The molecule has 33 heavy (non-hydrogen) atoms. The van der Waals surface area contributed by atoms with Gasteiger partial charge < -0.3 is 15.0 Å². The number of likely N-dealkylation sites (tertiary alicyclic amines) is 1. The van der Waals surface area contributed by atoms with E-state index in [1.807, 2.05) is 27.5 Å². The lowest BCUT2D eigenvalue weighted by Crippen LogP contribution is -2.47. The lowest BCUT2D eigenvalue weighted by atomic mass is 9.49. The number of carbonyl (C=O) groups is 2. The summed E-state index contributed by atoms with van der Waals surface area (Å²) < 4.78 is 7.25. The fraction of sp³-hybridized carbons (Fsp3) is 0.654. The molecule has 7 nitrogen and oxygen atoms in total. The SMILES string of the molecule is COC1CCN(C(=O)c2cn3c(NC(=O)CC45CC6CC(CC(C6)C4)C5)cccc3n2)CC1. The van der Waals surface area contributed by atoms with Gasteiger partial charge in [-0.05, 0) is 86.7 Å². The van der Waals surface area contributed by atoms with E-state index in [9.17, 15) is 9.59 Å². The van der Waals surface area contributed by atoms with Crippen molar-refractivity contribution in [3.63, 3.8) is 0 Å². The van der Waals surface area contributed by atoms with Gasteiger partial charge in [0.15, 0.2) is 0 Å². The zero-order valence-electron chi connectivity index (χ0n) is 19.5. The standard InChI is InChI=1S/C26H34N4O3/c1-33-20-5-7-29(8-6-20)25(32)21-16-30-22(27-21)3-2-4-23(30)28-24(31)15-26-12-17-9-18(13-26)11-19(10-17)14-26/h2-4,16-20H,5-15H2,1H3,(H,28,31). The first-order chi connectivity index (χ1) is 16.0. The molecule has 2 aromatic rings. The van der Waals surface area contributed by atoms with Crippen LogP contribution < -0.4 is 5.32 Å². The molecule has 2 aromatic heterocycles. The van der Waals surface area contributed by atoms with Crippen molar-refractivity contribution in [1.82, 2.24) is 14.3 Å². The molecule has 7 rings (SSSR count). The van der Waals surface area contributed by atoms with Crippen molar-refractivity contribution >= 4 is 23.3 Å². The lowest BCUT2D eigenvalue weighted by molar-refractivity contribution is -0.124. The van der Waals surface area contributed by atoms with Crippen molar-refractivity contribution in [3.05, 3.63) is 30.1 Å². The van der Waals surface area contributed by atoms with E-state index in [0.29, 0.717) is 36.7 Å². The van der Waals surface area contributed by atoms with Gasteiger partial charge in [0.2, 0.25) is 5.91 Å². The molecule has 0 aromatic carbocycles. The maximum absolute atomic E-state index is 13.2. The number of aromatic nitrogens is 2. The zero-order chi connectivity index (χ0) is 22.6. The van der Waals surface area contributed by atoms with Gasteiger partial charge in [0.05, 0.1) is 6.10 Å². The third kappa shape index (κ3) is 3.94. The van der Waals surface area contributed by atoms with Gasteiger partial charge in [-0.1, -0.05) is 6.07 Å². The number of pyridine rings is 1. The number of fused-ring (bicyclic) bond motifs is 1. The molecule has 4 aliphatic carbocycles. The van der Waals surface area contributed by atoms with E-state index in [-0.39, 0.29) is 23.3 Å². The number of nitrogens with one attached hydrogen (secondary N) is 1. The maximum Gasteiger partial charge on any atom is 0.274 e. The summed E-state index contributed by atoms with van der Waals surface area (Å²) in [7, 11) is 1.73. The highest BCUT2D eigenvalue weighted by atomic mass is 16.5. The largest absolute Gasteiger partial charge is 0.381 e. The molecule has 4 bridgehead atoms. The van der Waals surface area contributed by atoms with Crippen LogP contribution in [0.2, 0.25) is 0 Å². The number of nitrogens with zero attached hydrogens (tertiary/aromatic N) is 3. The predicted octanol–water partition coefficient (Wildman–Crippen LogP) is 4.13. The van der Waals surface area contributed by atoms with Crippen molar-refractivity contribution in [2.24, 2.45) is 23.2 Å². The first-order valence-electron chi connectivity index (χ1n) is 12.6. The normalized spacial score (nSPS) is 31.3. The number of amides is 2. The van der Waals surface area contributed by atoms with Gasteiger partial charge in [0, 0.05) is 32.8 Å². The lowest BCUT2D eigenvalue weighted by Gasteiger charge is -2.56. The number of hydrogen-bond donors (Lipinski definition) is 1. The number of carbonyl (C=O) groups excluding carboxylic acids is 2. The third-order valence-corrected chi connectivity index (χ3v) is 8.74. The van der Waals surface area contributed by atoms with E-state index in [4.69, 9.17) is 4.74 Å². The molecule has 2 amide bonds. The Morgan fingerprint density at radius 2 is 1.76 bits per heavy atom. The minimum atomic E-state index is -0.0564. The number of imidazole rings is 1. The van der Waals surface area contributed by atoms with Crippen LogP contribution in [0.1, 0.15) is 68.3 Å². The Labute approximate surface area is 194 Å². The van der Waals surface area contributed by atoms with E-state index >= 15 is 0 Å². The number of methoxy groups -OCH3 is 1. The Balaban J connectivity index is 1.16. The van der Waals surface area contributed by atoms with Gasteiger partial charge >= 0.3 is 0 Å². The molecule has 3 heterocycles. The summed E-state index contributed by atoms with van der Waals surface area (Å²) >= 11 is 0. The molecule has 0 spiro atoms. The van der Waals surface area contributed by atoms with Crippen molar-refractivity contribution in [3.8, 4) is 0 Å². The number of anilines is 1. The fourth-order valence-corrected chi connectivity index (χ4v) is 7.71. The summed E-state index contributed by atoms with van der Waals surface area (Å²) in [6.07, 6.45) is 12.1. The molecule has 0 unspecified atom stereocenters. The second kappa shape index (κ2) is 8.12. The smallest absolute Gasteiger partial charge is 0.274 e. The van der Waals surface area contributed by atoms with Gasteiger partial charge in [0.25, 0.3) is 5.91 Å². The average Bonchev–Trinajstić information content (AvgIpc) is 3.23. The zero-order valence-corrected chi connectivity index (χ0v) is 19.5. The minimum Gasteiger partial charge on any atom is -0.381 e. The first-order valence-corrected chi connectivity index (χ1v) is 12.6. The van der Waals surface area contributed by atoms with Crippen LogP contribution in [0, 0.1) is 23.2 Å². The molecule has 176 valence electrons. The monoisotopic (exact) mass is 450 g/mol. The third-order valence-electron chi connectivity index (χ3n) is 8.74. The van der Waals surface area contributed by atoms with E-state index < -0.39 is 0 Å². The number of ether oxygens (including phenoxy) is 1. The highest BCUT2D eigenvalue weighted by molar-refractivity contribution is 5.94. The second-order valence-electron chi connectivity index (χ2n) is 11.1. The average molecular weight is 451 g/mol. The Kier molecular flexibility index (Phi) is 5.20. The van der Waals surface area contributed by atoms with Crippen LogP contribution in [0.3, 0.4) is 0 Å². The van der Waals surface area contributed by atoms with Crippen LogP contribution >= 0.6 is 0 Å². The summed E-state index contributed by atoms with van der Waals surface area (Å²) in [5.74, 6) is 3.23. The molecular formula is C26H34N4O3. The van der Waals surface area contributed by atoms with E-state index in [1.165, 1.54) is 38.5 Å². The van der Waals surface area contributed by atoms with Gasteiger partial charge in [-0.2, -0.15) is 0 Å². The molecule has 1 N–H and O–H groups in total. The molecule has 0 atom stereocenters. The first kappa shape index (κ1) is 21.1. The summed E-state index contributed by atoms with van der Waals surface area (Å²) in [5, 5.41) is 3.15. The van der Waals surface area contributed by atoms with Gasteiger partial charge in [0.1, 0.15) is 17.2 Å². The Hall–Kier alpha value is -2.41. The van der Waals surface area contributed by atoms with Crippen molar-refractivity contribution in [2.75, 3.05) is 25.5 Å². The predicted molar refractivity (Wildman–Crippen MR) is 125 cm³/mol. The maximum atomic E-state index is 13.2. The van der Waals surface area contributed by atoms with E-state index in [1.54, 1.807) is 13.3 Å². The van der Waals surface area contributed by atoms with Gasteiger partial charge in [-0.15, -0.1) is 0 Å². The van der Waals surface area contributed by atoms with Crippen LogP contribution in [0.4, 0.5) is 5.82 Å². The Morgan fingerprint density at radius 3 is 2.39 bits per heavy atom. The summed E-state index contributed by atoms with van der Waals surface area (Å²) in [6, 6.07) is 5.66. The number of rotatable bonds is 5. The van der Waals surface area contributed by atoms with E-state index in [0.717, 1.165) is 30.6 Å². The highest BCUT2D eigenvalue weighted by Crippen LogP contribution is 2.61. The Bertz CT molecular complexity index is 1030. The van der Waals surface area contributed by atoms with Crippen LogP contribution in [0.15, 0.2) is 24.4 Å².